The van der Waals surface area contributed by atoms with Gasteiger partial charge < -0.3 is 10.4 Å². The Morgan fingerprint density at radius 2 is 2.17 bits per heavy atom. The van der Waals surface area contributed by atoms with Crippen molar-refractivity contribution in [1.29, 1.82) is 0 Å². The highest BCUT2D eigenvalue weighted by Crippen LogP contribution is 2.17. The maximum Gasteiger partial charge on any atom is 0.336 e. The number of nitrogens with one attached hydrogen (secondary N) is 1. The fraction of sp³-hybridized carbons (Fsp3) is 0.389. The number of likely N-dealkylation sites (tertiary alicyclic amines) is 1. The smallest absolute Gasteiger partial charge is 0.336 e. The van der Waals surface area contributed by atoms with Crippen LogP contribution in [0.4, 0.5) is 0 Å². The molecule has 0 aliphatic carbocycles. The summed E-state index contributed by atoms with van der Waals surface area (Å²) in [5.74, 6) is -0.856. The SMILES string of the molecule is O=C(O)c1ccccc1CNC1CCCN(Cc2cccs2)C1. The number of thiophene rings is 1. The van der Waals surface area contributed by atoms with Crippen LogP contribution >= 0.6 is 11.3 Å². The molecule has 122 valence electrons. The Bertz CT molecular complexity index is 642. The molecule has 3 rings (SSSR count). The number of carboxylic acids is 1. The molecule has 2 aromatic rings. The number of rotatable bonds is 6. The first kappa shape index (κ1) is 16.2. The van der Waals surface area contributed by atoms with Crippen LogP contribution in [0.3, 0.4) is 0 Å². The Hall–Kier alpha value is -1.69. The molecule has 1 unspecified atom stereocenters. The molecule has 23 heavy (non-hydrogen) atoms. The minimum Gasteiger partial charge on any atom is -0.478 e. The van der Waals surface area contributed by atoms with Crippen molar-refractivity contribution >= 4 is 17.3 Å². The molecule has 1 aromatic carbocycles. The van der Waals surface area contributed by atoms with E-state index in [-0.39, 0.29) is 0 Å². The summed E-state index contributed by atoms with van der Waals surface area (Å²) in [7, 11) is 0. The molecule has 0 spiro atoms. The molecular weight excluding hydrogens is 308 g/mol. The first-order valence-corrected chi connectivity index (χ1v) is 8.89. The van der Waals surface area contributed by atoms with Crippen molar-refractivity contribution in [2.45, 2.75) is 32.0 Å². The third-order valence-electron chi connectivity index (χ3n) is 4.29. The Labute approximate surface area is 140 Å². The summed E-state index contributed by atoms with van der Waals surface area (Å²) >= 11 is 1.81. The van der Waals surface area contributed by atoms with Gasteiger partial charge in [-0.05, 0) is 42.5 Å². The van der Waals surface area contributed by atoms with Gasteiger partial charge in [0.1, 0.15) is 0 Å². The summed E-state index contributed by atoms with van der Waals surface area (Å²) in [6.07, 6.45) is 2.33. The zero-order valence-electron chi connectivity index (χ0n) is 13.1. The molecule has 1 saturated heterocycles. The van der Waals surface area contributed by atoms with E-state index in [1.54, 1.807) is 23.5 Å². The second-order valence-corrected chi connectivity index (χ2v) is 7.03. The molecule has 1 atom stereocenters. The van der Waals surface area contributed by atoms with Crippen LogP contribution in [0, 0.1) is 0 Å². The number of benzene rings is 1. The number of nitrogens with zero attached hydrogens (tertiary/aromatic N) is 1. The molecule has 1 fully saturated rings. The number of hydrogen-bond acceptors (Lipinski definition) is 4. The van der Waals surface area contributed by atoms with Crippen molar-refractivity contribution < 1.29 is 9.90 Å². The molecule has 0 bridgehead atoms. The van der Waals surface area contributed by atoms with Crippen molar-refractivity contribution in [3.63, 3.8) is 0 Å². The highest BCUT2D eigenvalue weighted by molar-refractivity contribution is 7.09. The molecule has 1 aliphatic heterocycles. The van der Waals surface area contributed by atoms with E-state index >= 15 is 0 Å². The normalized spacial score (nSPS) is 18.9. The maximum atomic E-state index is 11.3. The largest absolute Gasteiger partial charge is 0.478 e. The van der Waals surface area contributed by atoms with Gasteiger partial charge in [0, 0.05) is 30.6 Å². The van der Waals surface area contributed by atoms with Crippen LogP contribution in [0.1, 0.15) is 33.6 Å². The summed E-state index contributed by atoms with van der Waals surface area (Å²) in [4.78, 5) is 15.2. The predicted molar refractivity (Wildman–Crippen MR) is 92.9 cm³/mol. The zero-order valence-corrected chi connectivity index (χ0v) is 13.9. The number of piperidine rings is 1. The fourth-order valence-corrected chi connectivity index (χ4v) is 3.87. The maximum absolute atomic E-state index is 11.3. The van der Waals surface area contributed by atoms with E-state index in [9.17, 15) is 9.90 Å². The standard InChI is InChI=1S/C18H22N2O2S/c21-18(22)17-8-2-1-5-14(17)11-19-15-6-3-9-20(12-15)13-16-7-4-10-23-16/h1-2,4-5,7-8,10,15,19H,3,6,9,11-13H2,(H,21,22). The summed E-state index contributed by atoms with van der Waals surface area (Å²) in [6.45, 7) is 3.79. The van der Waals surface area contributed by atoms with Crippen molar-refractivity contribution in [2.75, 3.05) is 13.1 Å². The van der Waals surface area contributed by atoms with Crippen LogP contribution in [-0.2, 0) is 13.1 Å². The minimum absolute atomic E-state index is 0.395. The summed E-state index contributed by atoms with van der Waals surface area (Å²) < 4.78 is 0. The van der Waals surface area contributed by atoms with Gasteiger partial charge in [0.05, 0.1) is 5.56 Å². The van der Waals surface area contributed by atoms with Gasteiger partial charge in [0.25, 0.3) is 0 Å². The summed E-state index contributed by atoms with van der Waals surface area (Å²) in [5.41, 5.74) is 1.25. The Kier molecular flexibility index (Phi) is 5.43. The quantitative estimate of drug-likeness (QED) is 0.854. The lowest BCUT2D eigenvalue weighted by atomic mass is 10.0. The minimum atomic E-state index is -0.856. The van der Waals surface area contributed by atoms with Crippen LogP contribution in [0.15, 0.2) is 41.8 Å². The molecule has 1 aromatic heterocycles. The van der Waals surface area contributed by atoms with E-state index in [1.807, 2.05) is 12.1 Å². The van der Waals surface area contributed by atoms with E-state index in [0.29, 0.717) is 18.2 Å². The van der Waals surface area contributed by atoms with Gasteiger partial charge in [-0.1, -0.05) is 24.3 Å². The van der Waals surface area contributed by atoms with Crippen molar-refractivity contribution in [2.24, 2.45) is 0 Å². The number of carbonyl (C=O) groups is 1. The monoisotopic (exact) mass is 330 g/mol. The van der Waals surface area contributed by atoms with Crippen molar-refractivity contribution in [1.82, 2.24) is 10.2 Å². The first-order chi connectivity index (χ1) is 11.2. The number of aromatic carboxylic acids is 1. The van der Waals surface area contributed by atoms with Gasteiger partial charge in [-0.15, -0.1) is 11.3 Å². The Balaban J connectivity index is 1.55. The highest BCUT2D eigenvalue weighted by atomic mass is 32.1. The van der Waals surface area contributed by atoms with Gasteiger partial charge >= 0.3 is 5.97 Å². The molecule has 1 aliphatic rings. The van der Waals surface area contributed by atoms with Crippen LogP contribution < -0.4 is 5.32 Å². The summed E-state index contributed by atoms with van der Waals surface area (Å²) in [5, 5.41) is 14.9. The average Bonchev–Trinajstić information content (AvgIpc) is 3.06. The molecule has 0 amide bonds. The molecule has 0 saturated carbocycles. The van der Waals surface area contributed by atoms with Crippen LogP contribution in [0.25, 0.3) is 0 Å². The van der Waals surface area contributed by atoms with E-state index in [1.165, 1.54) is 11.3 Å². The second-order valence-electron chi connectivity index (χ2n) is 6.00. The number of carboxylic acid groups (broad SMARTS) is 1. The topological polar surface area (TPSA) is 52.6 Å². The van der Waals surface area contributed by atoms with Crippen LogP contribution in [0.2, 0.25) is 0 Å². The summed E-state index contributed by atoms with van der Waals surface area (Å²) in [6, 6.07) is 11.9. The lowest BCUT2D eigenvalue weighted by Crippen LogP contribution is -2.45. The van der Waals surface area contributed by atoms with Gasteiger partial charge in [-0.2, -0.15) is 0 Å². The lowest BCUT2D eigenvalue weighted by molar-refractivity contribution is 0.0695. The van der Waals surface area contributed by atoms with Gasteiger partial charge in [0.15, 0.2) is 0 Å². The van der Waals surface area contributed by atoms with Crippen LogP contribution in [-0.4, -0.2) is 35.1 Å². The number of hydrogen-bond donors (Lipinski definition) is 2. The highest BCUT2D eigenvalue weighted by Gasteiger charge is 2.20. The van der Waals surface area contributed by atoms with E-state index in [2.05, 4.69) is 27.7 Å². The van der Waals surface area contributed by atoms with Gasteiger partial charge in [0.2, 0.25) is 0 Å². The average molecular weight is 330 g/mol. The Morgan fingerprint density at radius 1 is 1.30 bits per heavy atom. The molecule has 2 heterocycles. The predicted octanol–water partition coefficient (Wildman–Crippen LogP) is 3.20. The molecule has 5 heteroatoms. The Morgan fingerprint density at radius 3 is 2.96 bits per heavy atom. The zero-order chi connectivity index (χ0) is 16.1. The third-order valence-corrected chi connectivity index (χ3v) is 5.16. The van der Waals surface area contributed by atoms with Gasteiger partial charge in [-0.25, -0.2) is 4.79 Å². The first-order valence-electron chi connectivity index (χ1n) is 8.01. The fourth-order valence-electron chi connectivity index (χ4n) is 3.13. The second kappa shape index (κ2) is 7.73. The molecule has 4 nitrogen and oxygen atoms in total. The van der Waals surface area contributed by atoms with Crippen molar-refractivity contribution in [3.05, 3.63) is 57.8 Å². The van der Waals surface area contributed by atoms with Gasteiger partial charge in [-0.3, -0.25) is 4.90 Å². The molecule has 0 radical (unpaired) electrons. The third kappa shape index (κ3) is 4.41. The van der Waals surface area contributed by atoms with E-state index in [4.69, 9.17) is 0 Å². The van der Waals surface area contributed by atoms with Crippen molar-refractivity contribution in [3.8, 4) is 0 Å². The van der Waals surface area contributed by atoms with Crippen LogP contribution in [0.5, 0.6) is 0 Å². The van der Waals surface area contributed by atoms with E-state index < -0.39 is 5.97 Å². The molecular formula is C18H22N2O2S. The lowest BCUT2D eigenvalue weighted by Gasteiger charge is -2.33. The van der Waals surface area contributed by atoms with E-state index in [0.717, 1.165) is 31.6 Å². The molecule has 2 N–H and O–H groups in total.